The van der Waals surface area contributed by atoms with E-state index in [1.807, 2.05) is 11.1 Å². The molecule has 2 aliphatic heterocycles. The van der Waals surface area contributed by atoms with Crippen LogP contribution in [0, 0.1) is 5.92 Å². The van der Waals surface area contributed by atoms with Gasteiger partial charge < -0.3 is 9.80 Å². The molecule has 0 saturated carbocycles. The maximum Gasteiger partial charge on any atom is 0.267 e. The second-order valence-electron chi connectivity index (χ2n) is 9.16. The summed E-state index contributed by atoms with van der Waals surface area (Å²) in [6.07, 6.45) is 9.03. The molecule has 2 aromatic heterocycles. The normalized spacial score (nSPS) is 19.1. The molecule has 0 atom stereocenters. The van der Waals surface area contributed by atoms with Gasteiger partial charge in [-0.1, -0.05) is 6.92 Å². The second-order valence-corrected chi connectivity index (χ2v) is 9.16. The monoisotopic (exact) mass is 422 g/mol. The second kappa shape index (κ2) is 8.40. The van der Waals surface area contributed by atoms with Gasteiger partial charge in [0.05, 0.1) is 11.4 Å². The first-order valence-corrected chi connectivity index (χ1v) is 11.6. The lowest BCUT2D eigenvalue weighted by atomic mass is 9.94. The molecule has 1 amide bonds. The summed E-state index contributed by atoms with van der Waals surface area (Å²) in [6, 6.07) is 1.63. The highest BCUT2D eigenvalue weighted by atomic mass is 16.2. The van der Waals surface area contributed by atoms with E-state index in [2.05, 4.69) is 21.9 Å². The molecule has 8 nitrogen and oxygen atoms in total. The van der Waals surface area contributed by atoms with Crippen LogP contribution < -0.4 is 10.5 Å². The number of anilines is 1. The van der Waals surface area contributed by atoms with Crippen molar-refractivity contribution in [3.8, 4) is 11.3 Å². The third-order valence-corrected chi connectivity index (χ3v) is 6.88. The maximum atomic E-state index is 12.8. The van der Waals surface area contributed by atoms with E-state index < -0.39 is 0 Å². The van der Waals surface area contributed by atoms with Gasteiger partial charge in [-0.25, -0.2) is 14.6 Å². The molecule has 2 aromatic rings. The van der Waals surface area contributed by atoms with Gasteiger partial charge in [0.25, 0.3) is 5.56 Å². The Balaban J connectivity index is 1.40. The topological polar surface area (TPSA) is 84.2 Å². The van der Waals surface area contributed by atoms with Crippen molar-refractivity contribution in [3.05, 3.63) is 33.9 Å². The first-order valence-electron chi connectivity index (χ1n) is 11.6. The van der Waals surface area contributed by atoms with Crippen LogP contribution in [0.4, 0.5) is 5.95 Å². The van der Waals surface area contributed by atoms with Crippen molar-refractivity contribution < 1.29 is 4.79 Å². The number of nitrogens with zero attached hydrogens (tertiary/aromatic N) is 6. The average Bonchev–Trinajstić information content (AvgIpc) is 2.80. The number of hydrogen-bond donors (Lipinski definition) is 0. The van der Waals surface area contributed by atoms with E-state index in [9.17, 15) is 9.59 Å². The molecule has 0 N–H and O–H groups in total. The number of carbonyl (C=O) groups is 1. The molecule has 2 saturated heterocycles. The van der Waals surface area contributed by atoms with Gasteiger partial charge in [-0.3, -0.25) is 9.59 Å². The molecule has 164 valence electrons. The van der Waals surface area contributed by atoms with Gasteiger partial charge in [0.2, 0.25) is 11.9 Å². The van der Waals surface area contributed by atoms with Crippen molar-refractivity contribution in [2.24, 2.45) is 5.92 Å². The number of piperidine rings is 2. The molecule has 3 aliphatic rings. The number of fused-ring (bicyclic) bond motifs is 3. The van der Waals surface area contributed by atoms with Crippen molar-refractivity contribution in [1.29, 1.82) is 0 Å². The number of rotatable bonds is 3. The summed E-state index contributed by atoms with van der Waals surface area (Å²) in [7, 11) is 0. The number of hydrogen-bond acceptors (Lipinski definition) is 6. The Morgan fingerprint density at radius 2 is 1.87 bits per heavy atom. The number of aromatic nitrogens is 4. The van der Waals surface area contributed by atoms with Crippen LogP contribution in [0.25, 0.3) is 11.3 Å². The summed E-state index contributed by atoms with van der Waals surface area (Å²) in [6.45, 7) is 5.73. The number of carbonyl (C=O) groups excluding carboxylic acids is 1. The molecule has 1 aliphatic carbocycles. The van der Waals surface area contributed by atoms with E-state index in [1.54, 1.807) is 6.07 Å². The molecule has 31 heavy (non-hydrogen) atoms. The fourth-order valence-electron chi connectivity index (χ4n) is 4.84. The zero-order valence-corrected chi connectivity index (χ0v) is 18.2. The minimum absolute atomic E-state index is 0.0114. The van der Waals surface area contributed by atoms with E-state index in [-0.39, 0.29) is 18.0 Å². The standard InChI is InChI=1S/C23H30N6O2/c1-16-7-11-27(12-8-16)21(31)15-29-20(30)13-17-5-6-19-18(22(17)26-29)14-24-23(25-19)28-9-3-2-4-10-28/h13-14,16H,2-12,15H2,1H3. The minimum atomic E-state index is -0.216. The summed E-state index contributed by atoms with van der Waals surface area (Å²) in [4.78, 5) is 39.0. The van der Waals surface area contributed by atoms with Crippen molar-refractivity contribution in [2.75, 3.05) is 31.1 Å². The Morgan fingerprint density at radius 3 is 2.65 bits per heavy atom. The number of amides is 1. The number of aryl methyl sites for hydroxylation is 2. The predicted octanol–water partition coefficient (Wildman–Crippen LogP) is 2.05. The van der Waals surface area contributed by atoms with Crippen LogP contribution >= 0.6 is 0 Å². The minimum Gasteiger partial charge on any atom is -0.341 e. The van der Waals surface area contributed by atoms with Gasteiger partial charge in [-0.2, -0.15) is 5.10 Å². The average molecular weight is 423 g/mol. The summed E-state index contributed by atoms with van der Waals surface area (Å²) < 4.78 is 1.31. The molecule has 0 unspecified atom stereocenters. The fraction of sp³-hybridized carbons (Fsp3) is 0.609. The Bertz CT molecular complexity index is 1030. The van der Waals surface area contributed by atoms with Gasteiger partial charge >= 0.3 is 0 Å². The Labute approximate surface area is 182 Å². The Hall–Kier alpha value is -2.77. The summed E-state index contributed by atoms with van der Waals surface area (Å²) in [5.41, 5.74) is 3.31. The van der Waals surface area contributed by atoms with E-state index in [1.165, 1.54) is 23.9 Å². The summed E-state index contributed by atoms with van der Waals surface area (Å²) in [5, 5.41) is 4.61. The van der Waals surface area contributed by atoms with Crippen molar-refractivity contribution >= 4 is 11.9 Å². The lowest BCUT2D eigenvalue weighted by Gasteiger charge is -2.30. The summed E-state index contributed by atoms with van der Waals surface area (Å²) >= 11 is 0. The fourth-order valence-corrected chi connectivity index (χ4v) is 4.84. The third-order valence-electron chi connectivity index (χ3n) is 6.88. The van der Waals surface area contributed by atoms with E-state index >= 15 is 0 Å². The van der Waals surface area contributed by atoms with Crippen LogP contribution in [-0.2, 0) is 24.2 Å². The quantitative estimate of drug-likeness (QED) is 0.753. The molecule has 0 bridgehead atoms. The van der Waals surface area contributed by atoms with Gasteiger partial charge in [0.1, 0.15) is 6.54 Å². The highest BCUT2D eigenvalue weighted by Crippen LogP contribution is 2.30. The lowest BCUT2D eigenvalue weighted by molar-refractivity contribution is -0.133. The molecular weight excluding hydrogens is 392 g/mol. The lowest BCUT2D eigenvalue weighted by Crippen LogP contribution is -2.41. The van der Waals surface area contributed by atoms with Crippen LogP contribution in [0.1, 0.15) is 50.3 Å². The van der Waals surface area contributed by atoms with Crippen LogP contribution in [0.3, 0.4) is 0 Å². The Morgan fingerprint density at radius 1 is 1.10 bits per heavy atom. The molecule has 5 rings (SSSR count). The van der Waals surface area contributed by atoms with Crippen molar-refractivity contribution in [2.45, 2.75) is 58.4 Å². The smallest absolute Gasteiger partial charge is 0.267 e. The first-order chi connectivity index (χ1) is 15.1. The molecule has 0 spiro atoms. The van der Waals surface area contributed by atoms with Crippen LogP contribution in [-0.4, -0.2) is 56.7 Å². The van der Waals surface area contributed by atoms with Crippen molar-refractivity contribution in [3.63, 3.8) is 0 Å². The SMILES string of the molecule is CC1CCN(C(=O)Cn2nc3c(cc2=O)CCc2nc(N4CCCCC4)ncc2-3)CC1. The van der Waals surface area contributed by atoms with Gasteiger partial charge in [-0.15, -0.1) is 0 Å². The third kappa shape index (κ3) is 4.07. The highest BCUT2D eigenvalue weighted by Gasteiger charge is 2.25. The largest absolute Gasteiger partial charge is 0.341 e. The van der Waals surface area contributed by atoms with E-state index in [0.717, 1.165) is 80.3 Å². The first kappa shape index (κ1) is 20.2. The molecule has 2 fully saturated rings. The maximum absolute atomic E-state index is 12.8. The molecule has 4 heterocycles. The van der Waals surface area contributed by atoms with Gasteiger partial charge in [0.15, 0.2) is 0 Å². The predicted molar refractivity (Wildman–Crippen MR) is 118 cm³/mol. The molecule has 8 heteroatoms. The summed E-state index contributed by atoms with van der Waals surface area (Å²) in [5.74, 6) is 1.42. The molecule has 0 radical (unpaired) electrons. The van der Waals surface area contributed by atoms with Crippen LogP contribution in [0.2, 0.25) is 0 Å². The van der Waals surface area contributed by atoms with Crippen molar-refractivity contribution in [1.82, 2.24) is 24.6 Å². The highest BCUT2D eigenvalue weighted by molar-refractivity contribution is 5.76. The zero-order chi connectivity index (χ0) is 21.4. The van der Waals surface area contributed by atoms with Gasteiger partial charge in [-0.05, 0) is 56.4 Å². The van der Waals surface area contributed by atoms with Gasteiger partial charge in [0, 0.05) is 44.0 Å². The van der Waals surface area contributed by atoms with E-state index in [4.69, 9.17) is 4.98 Å². The van der Waals surface area contributed by atoms with Crippen LogP contribution in [0.15, 0.2) is 17.1 Å². The molecular formula is C23H30N6O2. The number of likely N-dealkylation sites (tertiary alicyclic amines) is 1. The van der Waals surface area contributed by atoms with Crippen LogP contribution in [0.5, 0.6) is 0 Å². The van der Waals surface area contributed by atoms with E-state index in [0.29, 0.717) is 5.92 Å². The Kier molecular flexibility index (Phi) is 5.46. The molecule has 0 aromatic carbocycles. The zero-order valence-electron chi connectivity index (χ0n) is 18.2.